The largest absolute Gasteiger partial charge is 0.456 e. The molecule has 1 unspecified atom stereocenters. The molecule has 0 fully saturated rings. The minimum absolute atomic E-state index is 0.0475. The van der Waals surface area contributed by atoms with E-state index >= 15 is 0 Å². The molecule has 0 radical (unpaired) electrons. The Morgan fingerprint density at radius 3 is 2.24 bits per heavy atom. The summed E-state index contributed by atoms with van der Waals surface area (Å²) in [6, 6.07) is 15.5. The van der Waals surface area contributed by atoms with Gasteiger partial charge in [0.25, 0.3) is 0 Å². The predicted octanol–water partition coefficient (Wildman–Crippen LogP) is 4.26. The van der Waals surface area contributed by atoms with Crippen LogP contribution in [0.2, 0.25) is 0 Å². The third kappa shape index (κ3) is 2.87. The van der Waals surface area contributed by atoms with Gasteiger partial charge in [-0.25, -0.2) is 0 Å². The topological polar surface area (TPSA) is 35.2 Å². The van der Waals surface area contributed by atoms with Crippen molar-refractivity contribution < 1.29 is 4.74 Å². The van der Waals surface area contributed by atoms with Crippen molar-refractivity contribution in [3.05, 3.63) is 58.6 Å². The molecule has 0 heterocycles. The van der Waals surface area contributed by atoms with Crippen molar-refractivity contribution in [2.45, 2.75) is 13.0 Å². The zero-order chi connectivity index (χ0) is 12.3. The summed E-state index contributed by atoms with van der Waals surface area (Å²) in [4.78, 5) is 0. The molecule has 88 valence electrons. The number of para-hydroxylation sites is 2. The lowest BCUT2D eigenvalue weighted by atomic mass is 10.1. The maximum Gasteiger partial charge on any atom is 0.141 e. The van der Waals surface area contributed by atoms with Gasteiger partial charge in [-0.3, -0.25) is 0 Å². The van der Waals surface area contributed by atoms with Crippen LogP contribution in [-0.2, 0) is 0 Å². The second-order valence-corrected chi connectivity index (χ2v) is 4.71. The Hall–Kier alpha value is -1.32. The average Bonchev–Trinajstić information content (AvgIpc) is 2.32. The van der Waals surface area contributed by atoms with E-state index in [0.29, 0.717) is 0 Å². The van der Waals surface area contributed by atoms with Crippen LogP contribution in [0, 0.1) is 0 Å². The van der Waals surface area contributed by atoms with Gasteiger partial charge in [-0.05, 0) is 41.1 Å². The van der Waals surface area contributed by atoms with Crippen molar-refractivity contribution in [1.29, 1.82) is 0 Å². The Morgan fingerprint density at radius 2 is 1.59 bits per heavy atom. The predicted molar refractivity (Wildman–Crippen MR) is 73.3 cm³/mol. The molecule has 1 atom stereocenters. The SMILES string of the molecule is CC(N)c1ccccc1Oc1ccccc1Br. The molecule has 2 rings (SSSR count). The van der Waals surface area contributed by atoms with E-state index in [0.717, 1.165) is 21.5 Å². The van der Waals surface area contributed by atoms with Crippen LogP contribution in [0.25, 0.3) is 0 Å². The smallest absolute Gasteiger partial charge is 0.141 e. The van der Waals surface area contributed by atoms with E-state index in [2.05, 4.69) is 15.9 Å². The molecule has 2 nitrogen and oxygen atoms in total. The Kier molecular flexibility index (Phi) is 3.82. The molecule has 0 spiro atoms. The number of hydrogen-bond acceptors (Lipinski definition) is 2. The molecule has 17 heavy (non-hydrogen) atoms. The number of ether oxygens (including phenoxy) is 1. The van der Waals surface area contributed by atoms with Gasteiger partial charge in [0, 0.05) is 11.6 Å². The van der Waals surface area contributed by atoms with Gasteiger partial charge in [-0.2, -0.15) is 0 Å². The second-order valence-electron chi connectivity index (χ2n) is 3.86. The van der Waals surface area contributed by atoms with Gasteiger partial charge in [0.1, 0.15) is 11.5 Å². The van der Waals surface area contributed by atoms with E-state index in [1.165, 1.54) is 0 Å². The van der Waals surface area contributed by atoms with Gasteiger partial charge in [-0.1, -0.05) is 30.3 Å². The summed E-state index contributed by atoms with van der Waals surface area (Å²) in [5, 5.41) is 0. The number of halogens is 1. The van der Waals surface area contributed by atoms with Gasteiger partial charge >= 0.3 is 0 Å². The molecule has 0 aliphatic heterocycles. The van der Waals surface area contributed by atoms with Crippen molar-refractivity contribution in [3.63, 3.8) is 0 Å². The third-order valence-corrected chi connectivity index (χ3v) is 3.12. The molecule has 0 bridgehead atoms. The van der Waals surface area contributed by atoms with Crippen LogP contribution in [0.4, 0.5) is 0 Å². The van der Waals surface area contributed by atoms with Crippen LogP contribution in [0.1, 0.15) is 18.5 Å². The standard InChI is InChI=1S/C14H14BrNO/c1-10(16)11-6-2-4-8-13(11)17-14-9-5-3-7-12(14)15/h2-10H,16H2,1H3. The lowest BCUT2D eigenvalue weighted by molar-refractivity contribution is 0.469. The molecule has 0 aromatic heterocycles. The van der Waals surface area contributed by atoms with E-state index < -0.39 is 0 Å². The molecular formula is C14H14BrNO. The summed E-state index contributed by atoms with van der Waals surface area (Å²) >= 11 is 3.46. The monoisotopic (exact) mass is 291 g/mol. The lowest BCUT2D eigenvalue weighted by Crippen LogP contribution is -2.06. The third-order valence-electron chi connectivity index (χ3n) is 2.47. The zero-order valence-corrected chi connectivity index (χ0v) is 11.1. The number of rotatable bonds is 3. The summed E-state index contributed by atoms with van der Waals surface area (Å²) < 4.78 is 6.80. The fourth-order valence-electron chi connectivity index (χ4n) is 1.60. The molecule has 0 aliphatic carbocycles. The first-order chi connectivity index (χ1) is 8.18. The van der Waals surface area contributed by atoms with Crippen molar-refractivity contribution in [2.24, 2.45) is 5.73 Å². The first kappa shape index (κ1) is 12.1. The molecule has 2 aromatic carbocycles. The summed E-state index contributed by atoms with van der Waals surface area (Å²) in [6.07, 6.45) is 0. The van der Waals surface area contributed by atoms with Gasteiger partial charge in [0.2, 0.25) is 0 Å². The van der Waals surface area contributed by atoms with Crippen LogP contribution < -0.4 is 10.5 Å². The molecule has 0 aliphatic rings. The van der Waals surface area contributed by atoms with Crippen LogP contribution >= 0.6 is 15.9 Å². The molecule has 0 amide bonds. The van der Waals surface area contributed by atoms with Gasteiger partial charge in [0.05, 0.1) is 4.47 Å². The lowest BCUT2D eigenvalue weighted by Gasteiger charge is -2.14. The van der Waals surface area contributed by atoms with E-state index in [-0.39, 0.29) is 6.04 Å². The highest BCUT2D eigenvalue weighted by Crippen LogP contribution is 2.32. The van der Waals surface area contributed by atoms with Crippen molar-refractivity contribution >= 4 is 15.9 Å². The van der Waals surface area contributed by atoms with E-state index in [9.17, 15) is 0 Å². The van der Waals surface area contributed by atoms with Crippen molar-refractivity contribution in [2.75, 3.05) is 0 Å². The molecular weight excluding hydrogens is 278 g/mol. The van der Waals surface area contributed by atoms with Crippen LogP contribution in [0.15, 0.2) is 53.0 Å². The van der Waals surface area contributed by atoms with E-state index in [1.807, 2.05) is 55.5 Å². The highest BCUT2D eigenvalue weighted by Gasteiger charge is 2.09. The van der Waals surface area contributed by atoms with Gasteiger partial charge in [-0.15, -0.1) is 0 Å². The van der Waals surface area contributed by atoms with Crippen LogP contribution in [0.5, 0.6) is 11.5 Å². The number of nitrogens with two attached hydrogens (primary N) is 1. The Balaban J connectivity index is 2.34. The van der Waals surface area contributed by atoms with Gasteiger partial charge in [0.15, 0.2) is 0 Å². The normalized spacial score (nSPS) is 12.2. The fraction of sp³-hybridized carbons (Fsp3) is 0.143. The quantitative estimate of drug-likeness (QED) is 0.917. The molecule has 2 N–H and O–H groups in total. The van der Waals surface area contributed by atoms with Crippen molar-refractivity contribution in [1.82, 2.24) is 0 Å². The Labute approximate surface area is 110 Å². The number of hydrogen-bond donors (Lipinski definition) is 1. The molecule has 2 aromatic rings. The molecule has 0 saturated heterocycles. The van der Waals surface area contributed by atoms with Crippen LogP contribution in [-0.4, -0.2) is 0 Å². The highest BCUT2D eigenvalue weighted by atomic mass is 79.9. The van der Waals surface area contributed by atoms with E-state index in [1.54, 1.807) is 0 Å². The maximum absolute atomic E-state index is 5.91. The minimum Gasteiger partial charge on any atom is -0.456 e. The molecule has 0 saturated carbocycles. The fourth-order valence-corrected chi connectivity index (χ4v) is 1.96. The summed E-state index contributed by atoms with van der Waals surface area (Å²) in [7, 11) is 0. The Morgan fingerprint density at radius 1 is 1.00 bits per heavy atom. The highest BCUT2D eigenvalue weighted by molar-refractivity contribution is 9.10. The second kappa shape index (κ2) is 5.34. The summed E-state index contributed by atoms with van der Waals surface area (Å²) in [6.45, 7) is 1.95. The number of benzene rings is 2. The van der Waals surface area contributed by atoms with Crippen LogP contribution in [0.3, 0.4) is 0 Å². The molecule has 3 heteroatoms. The minimum atomic E-state index is -0.0475. The summed E-state index contributed by atoms with van der Waals surface area (Å²) in [5.41, 5.74) is 6.92. The van der Waals surface area contributed by atoms with E-state index in [4.69, 9.17) is 10.5 Å². The zero-order valence-electron chi connectivity index (χ0n) is 9.56. The Bertz CT molecular complexity index is 511. The first-order valence-electron chi connectivity index (χ1n) is 5.45. The maximum atomic E-state index is 5.91. The van der Waals surface area contributed by atoms with Gasteiger partial charge < -0.3 is 10.5 Å². The first-order valence-corrected chi connectivity index (χ1v) is 6.24. The average molecular weight is 292 g/mol. The summed E-state index contributed by atoms with van der Waals surface area (Å²) in [5.74, 6) is 1.59. The van der Waals surface area contributed by atoms with Crippen molar-refractivity contribution in [3.8, 4) is 11.5 Å².